The standard InChI is InChI=1S/C31H32FN3O/c1-2-27(23-14-11-15-24(32)20-23)34-31(36)29-25-16-7-8-17-28(25)33-30(22-12-5-3-6-13-22)26(29)21-35-18-9-4-10-19-35/h3,5-8,11-17,20,27H,2,4,9-10,18-19,21H2,1H3,(H,34,36). The maximum Gasteiger partial charge on any atom is 0.252 e. The van der Waals surface area contributed by atoms with Gasteiger partial charge in [0.15, 0.2) is 0 Å². The van der Waals surface area contributed by atoms with Crippen LogP contribution in [0.25, 0.3) is 22.2 Å². The maximum absolute atomic E-state index is 14.1. The molecule has 1 unspecified atom stereocenters. The van der Waals surface area contributed by atoms with Gasteiger partial charge >= 0.3 is 0 Å². The number of nitrogens with zero attached hydrogens (tertiary/aromatic N) is 2. The number of amides is 1. The zero-order valence-corrected chi connectivity index (χ0v) is 20.7. The Morgan fingerprint density at radius 3 is 2.47 bits per heavy atom. The molecule has 1 aliphatic heterocycles. The highest BCUT2D eigenvalue weighted by Crippen LogP contribution is 2.32. The zero-order valence-electron chi connectivity index (χ0n) is 20.7. The van der Waals surface area contributed by atoms with Crippen LogP contribution in [0.2, 0.25) is 0 Å². The Labute approximate surface area is 212 Å². The third-order valence-corrected chi connectivity index (χ3v) is 7.06. The molecule has 36 heavy (non-hydrogen) atoms. The molecule has 0 spiro atoms. The lowest BCUT2D eigenvalue weighted by Crippen LogP contribution is -2.33. The quantitative estimate of drug-likeness (QED) is 0.312. The Kier molecular flexibility index (Phi) is 7.38. The second-order valence-electron chi connectivity index (χ2n) is 9.52. The van der Waals surface area contributed by atoms with E-state index in [0.29, 0.717) is 18.5 Å². The van der Waals surface area contributed by atoms with Crippen LogP contribution in [0.1, 0.15) is 60.1 Å². The second kappa shape index (κ2) is 11.0. The van der Waals surface area contributed by atoms with Gasteiger partial charge in [0.25, 0.3) is 5.91 Å². The summed E-state index contributed by atoms with van der Waals surface area (Å²) in [4.78, 5) is 21.6. The number of hydrogen-bond acceptors (Lipinski definition) is 3. The fraction of sp³-hybridized carbons (Fsp3) is 0.290. The summed E-state index contributed by atoms with van der Waals surface area (Å²) in [5, 5.41) is 4.07. The molecular weight excluding hydrogens is 449 g/mol. The van der Waals surface area contributed by atoms with Crippen molar-refractivity contribution >= 4 is 16.8 Å². The van der Waals surface area contributed by atoms with E-state index in [1.54, 1.807) is 6.07 Å². The highest BCUT2D eigenvalue weighted by atomic mass is 19.1. The molecule has 3 aromatic carbocycles. The Bertz CT molecular complexity index is 1350. The van der Waals surface area contributed by atoms with Crippen molar-refractivity contribution in [1.82, 2.24) is 15.2 Å². The van der Waals surface area contributed by atoms with Crippen molar-refractivity contribution in [3.8, 4) is 11.3 Å². The molecule has 4 nitrogen and oxygen atoms in total. The SMILES string of the molecule is CCC(NC(=O)c1c(CN2CCCCC2)c(-c2ccccc2)nc2ccccc12)c1cccc(F)c1. The summed E-state index contributed by atoms with van der Waals surface area (Å²) >= 11 is 0. The summed E-state index contributed by atoms with van der Waals surface area (Å²) in [7, 11) is 0. The highest BCUT2D eigenvalue weighted by Gasteiger charge is 2.25. The van der Waals surface area contributed by atoms with E-state index < -0.39 is 0 Å². The van der Waals surface area contributed by atoms with Gasteiger partial charge in [-0.1, -0.05) is 74.0 Å². The first-order valence-electron chi connectivity index (χ1n) is 12.9. The van der Waals surface area contributed by atoms with Crippen molar-refractivity contribution in [2.24, 2.45) is 0 Å². The van der Waals surface area contributed by atoms with Crippen LogP contribution in [0.4, 0.5) is 4.39 Å². The molecule has 1 aliphatic rings. The van der Waals surface area contributed by atoms with Crippen LogP contribution in [0.15, 0.2) is 78.9 Å². The first-order chi connectivity index (χ1) is 17.6. The summed E-state index contributed by atoms with van der Waals surface area (Å²) in [6, 6.07) is 24.2. The largest absolute Gasteiger partial charge is 0.345 e. The van der Waals surface area contributed by atoms with Crippen LogP contribution >= 0.6 is 0 Å². The minimum absolute atomic E-state index is 0.145. The van der Waals surface area contributed by atoms with Gasteiger partial charge in [-0.2, -0.15) is 0 Å². The van der Waals surface area contributed by atoms with Gasteiger partial charge in [-0.25, -0.2) is 9.37 Å². The van der Waals surface area contributed by atoms with Crippen molar-refractivity contribution < 1.29 is 9.18 Å². The number of carbonyl (C=O) groups excluding carboxylic acids is 1. The number of rotatable bonds is 7. The molecule has 0 aliphatic carbocycles. The molecule has 1 fully saturated rings. The molecular formula is C31H32FN3O. The van der Waals surface area contributed by atoms with Crippen LogP contribution in [-0.2, 0) is 6.54 Å². The summed E-state index contributed by atoms with van der Waals surface area (Å²) in [6.07, 6.45) is 4.24. The highest BCUT2D eigenvalue weighted by molar-refractivity contribution is 6.09. The number of halogens is 1. The van der Waals surface area contributed by atoms with E-state index in [2.05, 4.69) is 22.3 Å². The molecule has 1 aromatic heterocycles. The number of likely N-dealkylation sites (tertiary alicyclic amines) is 1. The van der Waals surface area contributed by atoms with Gasteiger partial charge < -0.3 is 5.32 Å². The molecule has 4 aromatic rings. The number of piperidine rings is 1. The van der Waals surface area contributed by atoms with Gasteiger partial charge in [0, 0.05) is 23.1 Å². The van der Waals surface area contributed by atoms with Gasteiger partial charge in [-0.15, -0.1) is 0 Å². The third-order valence-electron chi connectivity index (χ3n) is 7.06. The molecule has 5 rings (SSSR count). The predicted molar refractivity (Wildman–Crippen MR) is 143 cm³/mol. The summed E-state index contributed by atoms with van der Waals surface area (Å²) in [5.74, 6) is -0.444. The molecule has 2 heterocycles. The lowest BCUT2D eigenvalue weighted by molar-refractivity contribution is 0.0934. The number of benzene rings is 3. The van der Waals surface area contributed by atoms with Crippen molar-refractivity contribution in [3.63, 3.8) is 0 Å². The predicted octanol–water partition coefficient (Wildman–Crippen LogP) is 6.91. The minimum atomic E-state index is -0.299. The van der Waals surface area contributed by atoms with Crippen LogP contribution in [0.3, 0.4) is 0 Å². The number of fused-ring (bicyclic) bond motifs is 1. The normalized spacial score (nSPS) is 15.1. The van der Waals surface area contributed by atoms with Crippen molar-refractivity contribution in [2.45, 2.75) is 45.2 Å². The average molecular weight is 482 g/mol. The summed E-state index contributed by atoms with van der Waals surface area (Å²) < 4.78 is 14.0. The molecule has 184 valence electrons. The van der Waals surface area contributed by atoms with Crippen molar-refractivity contribution in [3.05, 3.63) is 101 Å². The lowest BCUT2D eigenvalue weighted by atomic mass is 9.94. The number of pyridine rings is 1. The van der Waals surface area contributed by atoms with Gasteiger partial charge in [-0.05, 0) is 56.1 Å². The molecule has 1 atom stereocenters. The van der Waals surface area contributed by atoms with Crippen molar-refractivity contribution in [1.29, 1.82) is 0 Å². The van der Waals surface area contributed by atoms with Gasteiger partial charge in [0.1, 0.15) is 5.82 Å². The summed E-state index contributed by atoms with van der Waals surface area (Å²) in [5.41, 5.74) is 5.03. The first kappa shape index (κ1) is 24.1. The molecule has 1 N–H and O–H groups in total. The van der Waals surface area contributed by atoms with E-state index in [1.165, 1.54) is 31.4 Å². The second-order valence-corrected chi connectivity index (χ2v) is 9.52. The summed E-state index contributed by atoms with van der Waals surface area (Å²) in [6.45, 7) is 4.71. The van der Waals surface area contributed by atoms with E-state index in [4.69, 9.17) is 4.98 Å². The average Bonchev–Trinajstić information content (AvgIpc) is 2.92. The monoisotopic (exact) mass is 481 g/mol. The molecule has 1 saturated heterocycles. The molecule has 0 bridgehead atoms. The van der Waals surface area contributed by atoms with Gasteiger partial charge in [0.05, 0.1) is 22.8 Å². The minimum Gasteiger partial charge on any atom is -0.345 e. The van der Waals surface area contributed by atoms with E-state index in [9.17, 15) is 9.18 Å². The molecule has 0 saturated carbocycles. The fourth-order valence-corrected chi connectivity index (χ4v) is 5.22. The maximum atomic E-state index is 14.1. The van der Waals surface area contributed by atoms with Gasteiger partial charge in [0.2, 0.25) is 0 Å². The number of aromatic nitrogens is 1. The molecule has 5 heteroatoms. The molecule has 0 radical (unpaired) electrons. The Morgan fingerprint density at radius 2 is 1.72 bits per heavy atom. The van der Waals surface area contributed by atoms with Crippen molar-refractivity contribution in [2.75, 3.05) is 13.1 Å². The smallest absolute Gasteiger partial charge is 0.252 e. The number of carbonyl (C=O) groups is 1. The van der Waals surface area contributed by atoms with E-state index in [0.717, 1.165) is 46.4 Å². The van der Waals surface area contributed by atoms with Crippen LogP contribution in [-0.4, -0.2) is 28.9 Å². The first-order valence-corrected chi connectivity index (χ1v) is 12.9. The topological polar surface area (TPSA) is 45.2 Å². The Hall–Kier alpha value is -3.57. The number of nitrogens with one attached hydrogen (secondary N) is 1. The third kappa shape index (κ3) is 5.17. The van der Waals surface area contributed by atoms with E-state index in [-0.39, 0.29) is 17.8 Å². The van der Waals surface area contributed by atoms with E-state index in [1.807, 2.05) is 55.5 Å². The number of para-hydroxylation sites is 1. The zero-order chi connectivity index (χ0) is 24.9. The lowest BCUT2D eigenvalue weighted by Gasteiger charge is -2.29. The van der Waals surface area contributed by atoms with Crippen LogP contribution in [0, 0.1) is 5.82 Å². The van der Waals surface area contributed by atoms with E-state index >= 15 is 0 Å². The van der Waals surface area contributed by atoms with Crippen LogP contribution < -0.4 is 5.32 Å². The molecule has 1 amide bonds. The Morgan fingerprint density at radius 1 is 0.972 bits per heavy atom. The van der Waals surface area contributed by atoms with Gasteiger partial charge in [-0.3, -0.25) is 9.69 Å². The van der Waals surface area contributed by atoms with Crippen LogP contribution in [0.5, 0.6) is 0 Å². The Balaban J connectivity index is 1.64. The fourth-order valence-electron chi connectivity index (χ4n) is 5.22. The number of hydrogen-bond donors (Lipinski definition) is 1.